The Morgan fingerprint density at radius 1 is 1.03 bits per heavy atom. The molecule has 0 aliphatic carbocycles. The molecule has 0 fully saturated rings. The Balaban J connectivity index is 0.000000364. The minimum absolute atomic E-state index is 0.377. The van der Waals surface area contributed by atoms with E-state index in [1.54, 1.807) is 18.6 Å². The van der Waals surface area contributed by atoms with Gasteiger partial charge < -0.3 is 9.84 Å². The third kappa shape index (κ3) is 5.16. The van der Waals surface area contributed by atoms with Crippen molar-refractivity contribution in [2.75, 3.05) is 6.61 Å². The van der Waals surface area contributed by atoms with Gasteiger partial charge in [0.25, 0.3) is 0 Å². The van der Waals surface area contributed by atoms with Crippen LogP contribution in [0.5, 0.6) is 6.01 Å². The molecule has 0 aliphatic heterocycles. The number of aromatic nitrogens is 6. The highest BCUT2D eigenvalue weighted by Gasteiger charge is 2.38. The van der Waals surface area contributed by atoms with Crippen LogP contribution in [0.3, 0.4) is 0 Å². The van der Waals surface area contributed by atoms with Crippen molar-refractivity contribution in [1.82, 2.24) is 29.5 Å². The number of pyridine rings is 2. The molecule has 9 nitrogen and oxygen atoms in total. The van der Waals surface area contributed by atoms with E-state index in [0.29, 0.717) is 12.6 Å². The third-order valence-corrected chi connectivity index (χ3v) is 4.78. The Bertz CT molecular complexity index is 1480. The number of benzene rings is 1. The van der Waals surface area contributed by atoms with Crippen molar-refractivity contribution in [1.29, 1.82) is 0 Å². The Morgan fingerprint density at radius 3 is 2.43 bits per heavy atom. The number of halogens is 3. The largest absolute Gasteiger partial charge is 0.490 e. The van der Waals surface area contributed by atoms with E-state index >= 15 is 0 Å². The first kappa shape index (κ1) is 23.5. The monoisotopic (exact) mass is 482 g/mol. The highest BCUT2D eigenvalue weighted by atomic mass is 19.4. The molecule has 0 spiro atoms. The number of ether oxygens (including phenoxy) is 1. The van der Waals surface area contributed by atoms with Gasteiger partial charge >= 0.3 is 18.2 Å². The summed E-state index contributed by atoms with van der Waals surface area (Å²) >= 11 is 0. The van der Waals surface area contributed by atoms with E-state index in [1.807, 2.05) is 60.0 Å². The molecule has 4 heterocycles. The van der Waals surface area contributed by atoms with E-state index in [0.717, 1.165) is 39.1 Å². The summed E-state index contributed by atoms with van der Waals surface area (Å²) in [5.41, 5.74) is 4.54. The molecule has 1 N–H and O–H groups in total. The molecular weight excluding hydrogens is 465 g/mol. The normalized spacial score (nSPS) is 11.2. The maximum Gasteiger partial charge on any atom is 0.490 e. The highest BCUT2D eigenvalue weighted by molar-refractivity contribution is 5.92. The number of para-hydroxylation sites is 1. The van der Waals surface area contributed by atoms with Gasteiger partial charge in [0.15, 0.2) is 11.5 Å². The van der Waals surface area contributed by atoms with Gasteiger partial charge in [-0.3, -0.25) is 9.38 Å². The lowest BCUT2D eigenvalue weighted by molar-refractivity contribution is -0.192. The molecule has 5 aromatic rings. The number of aliphatic carboxylic acids is 1. The lowest BCUT2D eigenvalue weighted by Gasteiger charge is -2.06. The maximum atomic E-state index is 10.6. The summed E-state index contributed by atoms with van der Waals surface area (Å²) in [6.45, 7) is 2.44. The van der Waals surface area contributed by atoms with Crippen molar-refractivity contribution < 1.29 is 27.8 Å². The Hall–Kier alpha value is -4.61. The van der Waals surface area contributed by atoms with Gasteiger partial charge in [0.2, 0.25) is 0 Å². The zero-order valence-electron chi connectivity index (χ0n) is 18.1. The Labute approximate surface area is 195 Å². The van der Waals surface area contributed by atoms with Gasteiger partial charge in [-0.15, -0.1) is 10.2 Å². The third-order valence-electron chi connectivity index (χ3n) is 4.78. The molecule has 0 aliphatic rings. The van der Waals surface area contributed by atoms with Crippen LogP contribution in [0.1, 0.15) is 6.92 Å². The second kappa shape index (κ2) is 9.71. The molecule has 178 valence electrons. The number of rotatable bonds is 4. The van der Waals surface area contributed by atoms with Gasteiger partial charge in [0.05, 0.1) is 12.1 Å². The van der Waals surface area contributed by atoms with Gasteiger partial charge in [-0.05, 0) is 36.8 Å². The molecule has 0 atom stereocenters. The molecule has 12 heteroatoms. The van der Waals surface area contributed by atoms with Crippen LogP contribution in [0.4, 0.5) is 13.2 Å². The number of hydrogen-bond acceptors (Lipinski definition) is 7. The minimum atomic E-state index is -5.08. The molecule has 4 aromatic heterocycles. The van der Waals surface area contributed by atoms with Crippen LogP contribution in [-0.4, -0.2) is 53.4 Å². The first-order valence-electron chi connectivity index (χ1n) is 10.2. The fourth-order valence-corrected chi connectivity index (χ4v) is 3.21. The van der Waals surface area contributed by atoms with E-state index < -0.39 is 12.1 Å². The van der Waals surface area contributed by atoms with Crippen molar-refractivity contribution in [3.63, 3.8) is 0 Å². The minimum Gasteiger partial charge on any atom is -0.475 e. The summed E-state index contributed by atoms with van der Waals surface area (Å²) in [5.74, 6) is -1.98. The molecule has 0 bridgehead atoms. The van der Waals surface area contributed by atoms with E-state index in [2.05, 4.69) is 25.1 Å². The van der Waals surface area contributed by atoms with Crippen LogP contribution in [0.15, 0.2) is 67.3 Å². The van der Waals surface area contributed by atoms with Crippen LogP contribution in [0.25, 0.3) is 39.1 Å². The number of fused-ring (bicyclic) bond motifs is 2. The van der Waals surface area contributed by atoms with E-state index in [-0.39, 0.29) is 0 Å². The van der Waals surface area contributed by atoms with Crippen LogP contribution in [-0.2, 0) is 4.79 Å². The molecule has 0 saturated heterocycles. The molecular formula is C23H17F3N6O3. The highest BCUT2D eigenvalue weighted by Crippen LogP contribution is 2.28. The maximum absolute atomic E-state index is 10.6. The molecule has 0 radical (unpaired) electrons. The quantitative estimate of drug-likeness (QED) is 0.400. The smallest absolute Gasteiger partial charge is 0.475 e. The predicted molar refractivity (Wildman–Crippen MR) is 120 cm³/mol. The number of carbonyl (C=O) groups is 1. The fourth-order valence-electron chi connectivity index (χ4n) is 3.21. The number of hydrogen-bond donors (Lipinski definition) is 1. The Kier molecular flexibility index (Phi) is 6.53. The van der Waals surface area contributed by atoms with Gasteiger partial charge in [0.1, 0.15) is 0 Å². The summed E-state index contributed by atoms with van der Waals surface area (Å²) in [4.78, 5) is 21.8. The van der Waals surface area contributed by atoms with Crippen molar-refractivity contribution in [2.24, 2.45) is 0 Å². The van der Waals surface area contributed by atoms with Crippen molar-refractivity contribution in [3.8, 4) is 28.5 Å². The van der Waals surface area contributed by atoms with Gasteiger partial charge in [-0.1, -0.05) is 18.2 Å². The van der Waals surface area contributed by atoms with Crippen LogP contribution in [0.2, 0.25) is 0 Å². The van der Waals surface area contributed by atoms with E-state index in [9.17, 15) is 13.2 Å². The van der Waals surface area contributed by atoms with Gasteiger partial charge in [-0.25, -0.2) is 14.8 Å². The second-order valence-electron chi connectivity index (χ2n) is 7.03. The predicted octanol–water partition coefficient (Wildman–Crippen LogP) is 4.43. The number of carboxylic acids is 1. The summed E-state index contributed by atoms with van der Waals surface area (Å²) in [6.07, 6.45) is 2.17. The van der Waals surface area contributed by atoms with E-state index in [4.69, 9.17) is 14.6 Å². The van der Waals surface area contributed by atoms with Crippen LogP contribution < -0.4 is 4.74 Å². The lowest BCUT2D eigenvalue weighted by Crippen LogP contribution is -2.21. The van der Waals surface area contributed by atoms with E-state index in [1.165, 1.54) is 0 Å². The summed E-state index contributed by atoms with van der Waals surface area (Å²) < 4.78 is 39.0. The average molecular weight is 482 g/mol. The first-order chi connectivity index (χ1) is 16.8. The summed E-state index contributed by atoms with van der Waals surface area (Å²) in [7, 11) is 0. The number of nitrogens with zero attached hydrogens (tertiary/aromatic N) is 6. The molecule has 0 amide bonds. The van der Waals surface area contributed by atoms with Crippen molar-refractivity contribution in [3.05, 3.63) is 67.3 Å². The zero-order chi connectivity index (χ0) is 25.0. The van der Waals surface area contributed by atoms with Crippen LogP contribution >= 0.6 is 0 Å². The van der Waals surface area contributed by atoms with Crippen molar-refractivity contribution in [2.45, 2.75) is 13.1 Å². The fraction of sp³-hybridized carbons (Fsp3) is 0.130. The SMILES string of the molecule is CCOc1ncc(-c2ccn3c(-c4ccnc5ccccc45)nnc3c2)cn1.O=C(O)C(F)(F)F. The first-order valence-corrected chi connectivity index (χ1v) is 10.2. The topological polar surface area (TPSA) is 115 Å². The number of carboxylic acid groups (broad SMARTS) is 1. The molecule has 0 saturated carbocycles. The standard InChI is InChI=1S/C21H16N6O.C2HF3O2/c1-2-28-21-23-12-15(13-24-21)14-8-10-27-19(11-14)25-26-20(27)17-7-9-22-18-6-4-3-5-16(17)18;3-2(4,5)1(6)7/h3-13H,2H2,1H3;(H,6,7). The Morgan fingerprint density at radius 2 is 1.74 bits per heavy atom. The lowest BCUT2D eigenvalue weighted by atomic mass is 10.1. The number of alkyl halides is 3. The van der Waals surface area contributed by atoms with Gasteiger partial charge in [-0.2, -0.15) is 13.2 Å². The van der Waals surface area contributed by atoms with Gasteiger partial charge in [0, 0.05) is 41.3 Å². The molecule has 35 heavy (non-hydrogen) atoms. The van der Waals surface area contributed by atoms with Crippen LogP contribution in [0, 0.1) is 0 Å². The summed E-state index contributed by atoms with van der Waals surface area (Å²) in [5, 5.41) is 17.0. The molecule has 1 aromatic carbocycles. The zero-order valence-corrected chi connectivity index (χ0v) is 18.1. The molecule has 0 unspecified atom stereocenters. The average Bonchev–Trinajstić information content (AvgIpc) is 3.27. The van der Waals surface area contributed by atoms with Crippen molar-refractivity contribution >= 4 is 22.5 Å². The second-order valence-corrected chi connectivity index (χ2v) is 7.03. The molecule has 5 rings (SSSR count). The summed E-state index contributed by atoms with van der Waals surface area (Å²) in [6, 6.07) is 14.3.